The lowest BCUT2D eigenvalue weighted by atomic mass is 10.0. The normalized spacial score (nSPS) is 14.2. The van der Waals surface area contributed by atoms with Crippen LogP contribution in [0.25, 0.3) is 22.0 Å². The van der Waals surface area contributed by atoms with E-state index >= 15 is 0 Å². The molecule has 7 nitrogen and oxygen atoms in total. The van der Waals surface area contributed by atoms with Gasteiger partial charge in [0.2, 0.25) is 0 Å². The van der Waals surface area contributed by atoms with E-state index in [0.29, 0.717) is 5.56 Å². The number of nitrogens with zero attached hydrogens (tertiary/aromatic N) is 1. The quantitative estimate of drug-likeness (QED) is 0.403. The van der Waals surface area contributed by atoms with Crippen molar-refractivity contribution in [1.82, 2.24) is 10.0 Å². The van der Waals surface area contributed by atoms with Crippen LogP contribution in [0.15, 0.2) is 54.7 Å². The van der Waals surface area contributed by atoms with Gasteiger partial charge >= 0.3 is 6.36 Å². The van der Waals surface area contributed by atoms with E-state index in [1.807, 2.05) is 12.1 Å². The summed E-state index contributed by atoms with van der Waals surface area (Å²) in [5, 5.41) is 9.76. The van der Waals surface area contributed by atoms with Crippen LogP contribution in [-0.4, -0.2) is 41.5 Å². The van der Waals surface area contributed by atoms with Crippen molar-refractivity contribution < 1.29 is 36.3 Å². The minimum atomic E-state index is -4.76. The van der Waals surface area contributed by atoms with Gasteiger partial charge in [-0.25, -0.2) is 13.9 Å². The average Bonchev–Trinajstić information content (AvgIpc) is 3.12. The Morgan fingerprint density at radius 1 is 1.09 bits per heavy atom. The number of alkyl halides is 3. The zero-order valence-electron chi connectivity index (χ0n) is 17.2. The highest BCUT2D eigenvalue weighted by atomic mass is 32.2. The molecule has 2 N–H and O–H groups in total. The predicted octanol–water partition coefficient (Wildman–Crippen LogP) is 3.91. The number of aryl methyl sites for hydroxylation is 1. The molecule has 0 saturated heterocycles. The van der Waals surface area contributed by atoms with Gasteiger partial charge in [0, 0.05) is 29.9 Å². The van der Waals surface area contributed by atoms with Gasteiger partial charge in [0.1, 0.15) is 5.75 Å². The zero-order chi connectivity index (χ0) is 23.7. The number of rotatable bonds is 7. The summed E-state index contributed by atoms with van der Waals surface area (Å²) >= 11 is 0. The molecule has 0 radical (unpaired) electrons. The number of amides is 1. The predicted molar refractivity (Wildman–Crippen MR) is 112 cm³/mol. The van der Waals surface area contributed by atoms with Crippen molar-refractivity contribution in [3.63, 3.8) is 0 Å². The Kier molecular flexibility index (Phi) is 6.25. The van der Waals surface area contributed by atoms with Gasteiger partial charge in [0.15, 0.2) is 14.6 Å². The van der Waals surface area contributed by atoms with Crippen LogP contribution >= 0.6 is 0 Å². The summed E-state index contributed by atoms with van der Waals surface area (Å²) in [6.45, 7) is 1.45. The Morgan fingerprint density at radius 3 is 2.28 bits per heavy atom. The fourth-order valence-electron chi connectivity index (χ4n) is 3.34. The molecule has 1 aromatic heterocycles. The van der Waals surface area contributed by atoms with E-state index in [-0.39, 0.29) is 18.7 Å². The van der Waals surface area contributed by atoms with Gasteiger partial charge in [-0.3, -0.25) is 10.0 Å². The van der Waals surface area contributed by atoms with Crippen molar-refractivity contribution in [2.45, 2.75) is 31.0 Å². The molecule has 11 heteroatoms. The molecule has 0 unspecified atom stereocenters. The number of hydroxylamine groups is 1. The molecule has 32 heavy (non-hydrogen) atoms. The third kappa shape index (κ3) is 4.89. The minimum absolute atomic E-state index is 0.0651. The molecule has 1 amide bonds. The lowest BCUT2D eigenvalue weighted by molar-refractivity contribution is -0.274. The number of hydrogen-bond donors (Lipinski definition) is 2. The average molecular weight is 470 g/mol. The topological polar surface area (TPSA) is 97.6 Å². The first-order chi connectivity index (χ1) is 14.8. The maximum absolute atomic E-state index is 12.3. The molecule has 0 aliphatic rings. The highest BCUT2D eigenvalue weighted by molar-refractivity contribution is 7.92. The van der Waals surface area contributed by atoms with E-state index in [9.17, 15) is 26.4 Å². The summed E-state index contributed by atoms with van der Waals surface area (Å²) in [6.07, 6.45) is -2.14. The number of hydrogen-bond acceptors (Lipinski definition) is 5. The van der Waals surface area contributed by atoms with Crippen molar-refractivity contribution >= 4 is 26.6 Å². The second-order valence-corrected chi connectivity index (χ2v) is 9.99. The summed E-state index contributed by atoms with van der Waals surface area (Å²) in [7, 11) is -3.81. The lowest BCUT2D eigenvalue weighted by Crippen LogP contribution is -2.49. The maximum atomic E-state index is 12.3. The number of sulfone groups is 1. The molecule has 0 saturated carbocycles. The molecule has 1 atom stereocenters. The van der Waals surface area contributed by atoms with Gasteiger partial charge < -0.3 is 9.30 Å². The first-order valence-electron chi connectivity index (χ1n) is 9.43. The molecule has 0 bridgehead atoms. The molecule has 0 aliphatic heterocycles. The van der Waals surface area contributed by atoms with Gasteiger partial charge in [0.05, 0.1) is 0 Å². The van der Waals surface area contributed by atoms with Crippen LogP contribution in [0, 0.1) is 0 Å². The Bertz CT molecular complexity index is 1240. The van der Waals surface area contributed by atoms with Gasteiger partial charge in [0.25, 0.3) is 5.91 Å². The van der Waals surface area contributed by atoms with Crippen LogP contribution in [0.1, 0.15) is 13.3 Å². The molecular weight excluding hydrogens is 449 g/mol. The van der Waals surface area contributed by atoms with Gasteiger partial charge in [-0.1, -0.05) is 18.2 Å². The van der Waals surface area contributed by atoms with Crippen molar-refractivity contribution in [2.24, 2.45) is 0 Å². The number of carbonyl (C=O) groups is 1. The van der Waals surface area contributed by atoms with Crippen LogP contribution < -0.4 is 10.2 Å². The second-order valence-electron chi connectivity index (χ2n) is 7.55. The summed E-state index contributed by atoms with van der Waals surface area (Å²) in [5.41, 5.74) is 3.67. The van der Waals surface area contributed by atoms with Gasteiger partial charge in [-0.2, -0.15) is 0 Å². The van der Waals surface area contributed by atoms with Crippen LogP contribution in [-0.2, 0) is 21.2 Å². The lowest BCUT2D eigenvalue weighted by Gasteiger charge is -2.25. The summed E-state index contributed by atoms with van der Waals surface area (Å²) in [4.78, 5) is 12.0. The fraction of sp³-hybridized carbons (Fsp3) is 0.286. The summed E-state index contributed by atoms with van der Waals surface area (Å²) in [6, 6.07) is 12.7. The monoisotopic (exact) mass is 470 g/mol. The largest absolute Gasteiger partial charge is 0.573 e. The number of aromatic nitrogens is 1. The second kappa shape index (κ2) is 8.47. The molecule has 0 aliphatic carbocycles. The first kappa shape index (κ1) is 23.6. The van der Waals surface area contributed by atoms with Crippen LogP contribution in [0.4, 0.5) is 13.2 Å². The number of carbonyl (C=O) groups excluding carboxylic acids is 1. The molecular formula is C21H21F3N2O5S. The number of benzene rings is 2. The molecule has 3 aromatic rings. The third-order valence-electron chi connectivity index (χ3n) is 5.42. The van der Waals surface area contributed by atoms with Crippen molar-refractivity contribution in [2.75, 3.05) is 6.26 Å². The van der Waals surface area contributed by atoms with E-state index < -0.39 is 26.9 Å². The number of ether oxygens (including phenoxy) is 1. The third-order valence-corrected chi connectivity index (χ3v) is 7.45. The Hall–Kier alpha value is -3.05. The van der Waals surface area contributed by atoms with Gasteiger partial charge in [-0.05, 0) is 54.8 Å². The highest BCUT2D eigenvalue weighted by Gasteiger charge is 2.43. The molecule has 0 fully saturated rings. The van der Waals surface area contributed by atoms with E-state index in [2.05, 4.69) is 4.74 Å². The maximum Gasteiger partial charge on any atom is 0.573 e. The van der Waals surface area contributed by atoms with E-state index in [1.54, 1.807) is 22.9 Å². The zero-order valence-corrected chi connectivity index (χ0v) is 18.0. The van der Waals surface area contributed by atoms with Crippen LogP contribution in [0.3, 0.4) is 0 Å². The van der Waals surface area contributed by atoms with E-state index in [1.165, 1.54) is 36.7 Å². The Labute approximate surface area is 182 Å². The van der Waals surface area contributed by atoms with Gasteiger partial charge in [-0.15, -0.1) is 13.2 Å². The van der Waals surface area contributed by atoms with Crippen molar-refractivity contribution in [3.8, 4) is 16.9 Å². The Balaban J connectivity index is 1.83. The van der Waals surface area contributed by atoms with E-state index in [4.69, 9.17) is 5.21 Å². The smallest absolute Gasteiger partial charge is 0.406 e. The first-order valence-corrected chi connectivity index (χ1v) is 11.3. The van der Waals surface area contributed by atoms with Crippen LogP contribution in [0.2, 0.25) is 0 Å². The number of nitrogens with one attached hydrogen (secondary N) is 1. The number of halogens is 3. The number of fused-ring (bicyclic) bond motifs is 1. The molecule has 2 aromatic carbocycles. The highest BCUT2D eigenvalue weighted by Crippen LogP contribution is 2.30. The van der Waals surface area contributed by atoms with Crippen molar-refractivity contribution in [3.05, 3.63) is 54.7 Å². The van der Waals surface area contributed by atoms with Crippen LogP contribution in [0.5, 0.6) is 5.75 Å². The van der Waals surface area contributed by atoms with Crippen molar-refractivity contribution in [1.29, 1.82) is 0 Å². The molecule has 172 valence electrons. The molecule has 1 heterocycles. The molecule has 3 rings (SSSR count). The standard InChI is InChI=1S/C21H21F3N2O5S/c1-20(19(27)25-28,32(2,29)30)10-12-26-11-9-16-13-15(5-8-18(16)26)14-3-6-17(7-4-14)31-21(22,23)24/h3-9,11,13,28H,10,12H2,1-2H3,(H,25,27)/t20-/m1/s1. The summed E-state index contributed by atoms with van der Waals surface area (Å²) in [5.74, 6) is -1.31. The SMILES string of the molecule is C[C@@](CCn1ccc2cc(-c3ccc(OC(F)(F)F)cc3)ccc21)(C(=O)NO)S(C)(=O)=O. The minimum Gasteiger partial charge on any atom is -0.406 e. The molecule has 0 spiro atoms. The fourth-order valence-corrected chi connectivity index (χ4v) is 4.19. The van der Waals surface area contributed by atoms with E-state index in [0.717, 1.165) is 22.7 Å². The summed E-state index contributed by atoms with van der Waals surface area (Å²) < 4.78 is 65.1. The Morgan fingerprint density at radius 2 is 1.72 bits per heavy atom.